The Morgan fingerprint density at radius 3 is 2.17 bits per heavy atom. The monoisotopic (exact) mass is 157 g/mol. The quantitative estimate of drug-likeness (QED) is 0.509. The normalized spacial score (nSPS) is 11.3. The van der Waals surface area contributed by atoms with E-state index in [4.69, 9.17) is 0 Å². The topological polar surface area (TPSA) is 0 Å². The summed E-state index contributed by atoms with van der Waals surface area (Å²) in [4.78, 5) is 0. The summed E-state index contributed by atoms with van der Waals surface area (Å²) in [5.41, 5.74) is 0. The van der Waals surface area contributed by atoms with E-state index in [0.717, 1.165) is 0 Å². The van der Waals surface area contributed by atoms with Crippen molar-refractivity contribution in [3.8, 4) is 0 Å². The van der Waals surface area contributed by atoms with Crippen LogP contribution in [0.1, 0.15) is 6.92 Å². The number of allylic oxidation sites excluding steroid dienone is 3. The molecule has 0 amide bonds. The average molecular weight is 158 g/mol. The molecule has 0 heterocycles. The summed E-state index contributed by atoms with van der Waals surface area (Å²) in [7, 11) is 0. The third-order valence-electron chi connectivity index (χ3n) is 0.400. The van der Waals surface area contributed by atoms with Crippen molar-refractivity contribution in [1.82, 2.24) is 0 Å². The van der Waals surface area contributed by atoms with Crippen molar-refractivity contribution in [2.75, 3.05) is 0 Å². The minimum atomic E-state index is 1.46. The Kier molecular flexibility index (Phi) is 5.69. The summed E-state index contributed by atoms with van der Waals surface area (Å²) in [5.74, 6) is 0. The van der Waals surface area contributed by atoms with Crippen LogP contribution >= 0.6 is 0 Å². The van der Waals surface area contributed by atoms with E-state index >= 15 is 0 Å². The van der Waals surface area contributed by atoms with E-state index in [1.807, 2.05) is 25.2 Å². The minimum absolute atomic E-state index is 1.46. The van der Waals surface area contributed by atoms with E-state index in [9.17, 15) is 0 Å². The number of rotatable bonds is 1. The van der Waals surface area contributed by atoms with E-state index in [1.54, 1.807) is 0 Å². The van der Waals surface area contributed by atoms with Gasteiger partial charge in [-0.15, -0.1) is 0 Å². The van der Waals surface area contributed by atoms with Crippen molar-refractivity contribution in [3.05, 3.63) is 22.0 Å². The van der Waals surface area contributed by atoms with Crippen LogP contribution in [0.3, 0.4) is 0 Å². The maximum atomic E-state index is 2.09. The molecule has 0 unspecified atom stereocenters. The molecule has 0 aromatic rings. The molecule has 31 valence electrons. The van der Waals surface area contributed by atoms with Gasteiger partial charge in [0.2, 0.25) is 0 Å². The zero-order valence-electron chi connectivity index (χ0n) is 3.81. The third-order valence-corrected chi connectivity index (χ3v) is 0.873. The zero-order valence-corrected chi connectivity index (χ0v) is 6.27. The molecule has 0 aliphatic carbocycles. The predicted molar refractivity (Wildman–Crippen MR) is 24.0 cm³/mol. The van der Waals surface area contributed by atoms with E-state index in [1.165, 1.54) is 24.7 Å². The molecule has 1 heteroatoms. The SMILES string of the molecule is C/C=C/C=[CH]/[Zr]. The Labute approximate surface area is 53.8 Å². The Hall–Kier alpha value is 0.363. The molecule has 0 bridgehead atoms. The van der Waals surface area contributed by atoms with E-state index in [0.29, 0.717) is 0 Å². The van der Waals surface area contributed by atoms with Crippen LogP contribution in [0.25, 0.3) is 0 Å². The van der Waals surface area contributed by atoms with Gasteiger partial charge in [0.15, 0.2) is 0 Å². The molecule has 0 N–H and O–H groups in total. The second-order valence-electron chi connectivity index (χ2n) is 0.885. The van der Waals surface area contributed by atoms with Crippen LogP contribution in [0, 0.1) is 0 Å². The van der Waals surface area contributed by atoms with Gasteiger partial charge in [0.1, 0.15) is 0 Å². The molecule has 0 fully saturated rings. The van der Waals surface area contributed by atoms with E-state index in [2.05, 4.69) is 3.78 Å². The molecule has 0 spiro atoms. The molecule has 0 radical (unpaired) electrons. The summed E-state index contributed by atoms with van der Waals surface area (Å²) in [6.07, 6.45) is 6.08. The summed E-state index contributed by atoms with van der Waals surface area (Å²) in [6.45, 7) is 2.01. The van der Waals surface area contributed by atoms with E-state index < -0.39 is 0 Å². The molecule has 0 rings (SSSR count). The van der Waals surface area contributed by atoms with Crippen molar-refractivity contribution < 1.29 is 24.7 Å². The first-order valence-electron chi connectivity index (χ1n) is 1.87. The zero-order chi connectivity index (χ0) is 4.83. The first-order chi connectivity index (χ1) is 2.91. The Balaban J connectivity index is 3.07. The van der Waals surface area contributed by atoms with E-state index in [-0.39, 0.29) is 0 Å². The van der Waals surface area contributed by atoms with Crippen LogP contribution < -0.4 is 0 Å². The van der Waals surface area contributed by atoms with Crippen LogP contribution in [0.2, 0.25) is 0 Å². The van der Waals surface area contributed by atoms with Crippen LogP contribution in [0.4, 0.5) is 0 Å². The average Bonchev–Trinajstić information content (AvgIpc) is 1.61. The van der Waals surface area contributed by atoms with Gasteiger partial charge in [-0.3, -0.25) is 0 Å². The Bertz CT molecular complexity index is 52.3. The van der Waals surface area contributed by atoms with Crippen molar-refractivity contribution in [1.29, 1.82) is 0 Å². The number of hydrogen-bond donors (Lipinski definition) is 0. The van der Waals surface area contributed by atoms with Gasteiger partial charge in [-0.2, -0.15) is 0 Å². The molecule has 0 atom stereocenters. The maximum absolute atomic E-state index is 2.09. The molecule has 0 aliphatic rings. The first-order valence-corrected chi connectivity index (χ1v) is 3.29. The fourth-order valence-electron chi connectivity index (χ4n) is 0.167. The van der Waals surface area contributed by atoms with Crippen molar-refractivity contribution >= 4 is 0 Å². The van der Waals surface area contributed by atoms with Crippen LogP contribution in [0.5, 0.6) is 0 Å². The van der Waals surface area contributed by atoms with Gasteiger partial charge in [0.25, 0.3) is 0 Å². The summed E-state index contributed by atoms with van der Waals surface area (Å²) >= 11 is 1.46. The fourth-order valence-corrected chi connectivity index (χ4v) is 0.440. The summed E-state index contributed by atoms with van der Waals surface area (Å²) < 4.78 is 2.09. The van der Waals surface area contributed by atoms with Gasteiger partial charge >= 0.3 is 53.7 Å². The van der Waals surface area contributed by atoms with Gasteiger partial charge in [0.05, 0.1) is 0 Å². The second-order valence-corrected chi connectivity index (χ2v) is 1.70. The first kappa shape index (κ1) is 6.36. The third kappa shape index (κ3) is 4.36. The van der Waals surface area contributed by atoms with Gasteiger partial charge in [-0.05, 0) is 0 Å². The molecular formula is C5H7Zr. The van der Waals surface area contributed by atoms with Crippen LogP contribution in [-0.4, -0.2) is 0 Å². The van der Waals surface area contributed by atoms with Crippen molar-refractivity contribution in [2.24, 2.45) is 0 Å². The second kappa shape index (κ2) is 5.36. The molecule has 0 aromatic carbocycles. The van der Waals surface area contributed by atoms with Gasteiger partial charge in [0, 0.05) is 0 Å². The van der Waals surface area contributed by atoms with Gasteiger partial charge < -0.3 is 0 Å². The van der Waals surface area contributed by atoms with Gasteiger partial charge in [-0.1, -0.05) is 0 Å². The van der Waals surface area contributed by atoms with Crippen LogP contribution in [-0.2, 0) is 24.7 Å². The fraction of sp³-hybridized carbons (Fsp3) is 0.200. The summed E-state index contributed by atoms with van der Waals surface area (Å²) in [5, 5.41) is 0. The molecule has 6 heavy (non-hydrogen) atoms. The molecule has 0 saturated heterocycles. The summed E-state index contributed by atoms with van der Waals surface area (Å²) in [6, 6.07) is 0. The number of hydrogen-bond acceptors (Lipinski definition) is 0. The Morgan fingerprint density at radius 2 is 2.00 bits per heavy atom. The van der Waals surface area contributed by atoms with Gasteiger partial charge in [-0.25, -0.2) is 0 Å². The predicted octanol–water partition coefficient (Wildman–Crippen LogP) is 1.62. The molecular weight excluding hydrogens is 151 g/mol. The molecule has 0 nitrogen and oxygen atoms in total. The van der Waals surface area contributed by atoms with Crippen molar-refractivity contribution in [3.63, 3.8) is 0 Å². The molecule has 0 aromatic heterocycles. The standard InChI is InChI=1S/C5H7.Zr/c1-3-5-4-2;/h1,3-5H,2H3;/b3-1?,5-4+;. The molecule has 0 aliphatic heterocycles. The Morgan fingerprint density at radius 1 is 1.33 bits per heavy atom. The molecule has 0 saturated carbocycles. The van der Waals surface area contributed by atoms with Crippen LogP contribution in [0.15, 0.2) is 22.0 Å². The van der Waals surface area contributed by atoms with Crippen molar-refractivity contribution in [2.45, 2.75) is 6.92 Å².